The van der Waals surface area contributed by atoms with Gasteiger partial charge in [0.25, 0.3) is 0 Å². The zero-order valence-electron chi connectivity index (χ0n) is 15.1. The van der Waals surface area contributed by atoms with Crippen molar-refractivity contribution in [1.29, 1.82) is 0 Å². The molecule has 0 amide bonds. The fourth-order valence-electron chi connectivity index (χ4n) is 3.49. The summed E-state index contributed by atoms with van der Waals surface area (Å²) in [5.74, 6) is 0.765. The van der Waals surface area contributed by atoms with Gasteiger partial charge < -0.3 is 15.4 Å². The van der Waals surface area contributed by atoms with E-state index in [2.05, 4.69) is 30.8 Å². The van der Waals surface area contributed by atoms with Crippen LogP contribution < -0.4 is 15.4 Å². The number of benzene rings is 2. The topological polar surface area (TPSA) is 87.8 Å². The molecular weight excluding hydrogens is 359 g/mol. The Kier molecular flexibility index (Phi) is 4.25. The number of aromatic amines is 1. The molecule has 0 aliphatic carbocycles. The first-order chi connectivity index (χ1) is 13.8. The summed E-state index contributed by atoms with van der Waals surface area (Å²) in [7, 11) is 0. The van der Waals surface area contributed by atoms with Gasteiger partial charge in [-0.1, -0.05) is 12.1 Å². The van der Waals surface area contributed by atoms with Crippen molar-refractivity contribution in [3.05, 3.63) is 48.5 Å². The lowest BCUT2D eigenvalue weighted by Crippen LogP contribution is -2.34. The second-order valence-electron chi connectivity index (χ2n) is 6.87. The fraction of sp³-hybridized carbons (Fsp3) is 0.250. The van der Waals surface area contributed by atoms with E-state index in [1.807, 2.05) is 18.2 Å². The minimum atomic E-state index is -0.357. The number of anilines is 2. The summed E-state index contributed by atoms with van der Waals surface area (Å²) in [6, 6.07) is 9.00. The van der Waals surface area contributed by atoms with Crippen LogP contribution in [0.25, 0.3) is 21.8 Å². The number of fused-ring (bicyclic) bond motifs is 2. The second-order valence-corrected chi connectivity index (χ2v) is 6.87. The van der Waals surface area contributed by atoms with Crippen LogP contribution in [0.5, 0.6) is 5.75 Å². The number of nitrogens with one attached hydrogen (secondary N) is 3. The van der Waals surface area contributed by atoms with Crippen molar-refractivity contribution in [2.75, 3.05) is 18.4 Å². The largest absolute Gasteiger partial charge is 0.488 e. The number of hydrogen-bond donors (Lipinski definition) is 3. The van der Waals surface area contributed by atoms with Gasteiger partial charge in [0.2, 0.25) is 5.95 Å². The van der Waals surface area contributed by atoms with E-state index in [0.29, 0.717) is 22.5 Å². The predicted octanol–water partition coefficient (Wildman–Crippen LogP) is 3.52. The van der Waals surface area contributed by atoms with Gasteiger partial charge in [0, 0.05) is 17.3 Å². The van der Waals surface area contributed by atoms with Gasteiger partial charge in [0.15, 0.2) is 0 Å². The molecule has 142 valence electrons. The van der Waals surface area contributed by atoms with Crippen LogP contribution in [0.3, 0.4) is 0 Å². The van der Waals surface area contributed by atoms with Crippen molar-refractivity contribution in [2.45, 2.75) is 18.9 Å². The van der Waals surface area contributed by atoms with Gasteiger partial charge in [0.05, 0.1) is 17.1 Å². The highest BCUT2D eigenvalue weighted by Gasteiger charge is 2.16. The number of hydrogen-bond acceptors (Lipinski definition) is 6. The molecule has 8 heteroatoms. The van der Waals surface area contributed by atoms with Crippen molar-refractivity contribution in [3.8, 4) is 5.75 Å². The Labute approximate surface area is 160 Å². The van der Waals surface area contributed by atoms with Crippen molar-refractivity contribution >= 4 is 33.4 Å². The average molecular weight is 378 g/mol. The molecular formula is C20H19FN6O. The lowest BCUT2D eigenvalue weighted by molar-refractivity contribution is 0.164. The molecule has 1 fully saturated rings. The SMILES string of the molecule is Fc1cc(Nc2ncc3cccc(OC4CCNCC4)c3n2)cc2[nH]ncc12. The van der Waals surface area contributed by atoms with E-state index in [1.165, 1.54) is 12.3 Å². The molecule has 0 spiro atoms. The maximum atomic E-state index is 14.2. The van der Waals surface area contributed by atoms with Gasteiger partial charge >= 0.3 is 0 Å². The van der Waals surface area contributed by atoms with Crippen molar-refractivity contribution < 1.29 is 9.13 Å². The van der Waals surface area contributed by atoms with E-state index in [0.717, 1.165) is 42.6 Å². The lowest BCUT2D eigenvalue weighted by Gasteiger charge is -2.24. The highest BCUT2D eigenvalue weighted by atomic mass is 19.1. The summed E-state index contributed by atoms with van der Waals surface area (Å²) in [6.45, 7) is 1.91. The van der Waals surface area contributed by atoms with Crippen LogP contribution in [0.1, 0.15) is 12.8 Å². The number of piperidine rings is 1. The number of ether oxygens (including phenoxy) is 1. The number of para-hydroxylation sites is 1. The molecule has 3 heterocycles. The molecule has 28 heavy (non-hydrogen) atoms. The third-order valence-electron chi connectivity index (χ3n) is 4.92. The molecule has 4 aromatic rings. The van der Waals surface area contributed by atoms with Crippen LogP contribution in [-0.4, -0.2) is 39.4 Å². The van der Waals surface area contributed by atoms with E-state index >= 15 is 0 Å². The maximum absolute atomic E-state index is 14.2. The van der Waals surface area contributed by atoms with Crippen LogP contribution in [0.4, 0.5) is 16.0 Å². The molecule has 2 aromatic heterocycles. The zero-order valence-corrected chi connectivity index (χ0v) is 15.1. The van der Waals surface area contributed by atoms with Crippen LogP contribution in [0, 0.1) is 5.82 Å². The standard InChI is InChI=1S/C20H19FN6O/c21-16-8-13(9-17-15(16)11-24-27-17)25-20-23-10-12-2-1-3-18(19(12)26-20)28-14-4-6-22-7-5-14/h1-3,8-11,14,22H,4-7H2,(H,24,27)(H,23,25,26). The first-order valence-corrected chi connectivity index (χ1v) is 9.29. The van der Waals surface area contributed by atoms with E-state index in [9.17, 15) is 4.39 Å². The van der Waals surface area contributed by atoms with Crippen LogP contribution in [0.2, 0.25) is 0 Å². The number of halogens is 1. The third-order valence-corrected chi connectivity index (χ3v) is 4.92. The Balaban J connectivity index is 1.46. The monoisotopic (exact) mass is 378 g/mol. The molecule has 0 unspecified atom stereocenters. The average Bonchev–Trinajstić information content (AvgIpc) is 3.18. The second kappa shape index (κ2) is 7.05. The van der Waals surface area contributed by atoms with Crippen molar-refractivity contribution in [3.63, 3.8) is 0 Å². The summed E-state index contributed by atoms with van der Waals surface area (Å²) in [5, 5.41) is 14.4. The summed E-state index contributed by atoms with van der Waals surface area (Å²) in [6.07, 6.45) is 5.32. The van der Waals surface area contributed by atoms with Crippen LogP contribution in [-0.2, 0) is 0 Å². The van der Waals surface area contributed by atoms with E-state index < -0.39 is 0 Å². The van der Waals surface area contributed by atoms with Gasteiger partial charge in [0.1, 0.15) is 23.2 Å². The zero-order chi connectivity index (χ0) is 18.9. The van der Waals surface area contributed by atoms with Crippen molar-refractivity contribution in [2.24, 2.45) is 0 Å². The van der Waals surface area contributed by atoms with Gasteiger partial charge in [-0.2, -0.15) is 5.10 Å². The number of aromatic nitrogens is 4. The van der Waals surface area contributed by atoms with Crippen LogP contribution in [0.15, 0.2) is 42.7 Å². The molecule has 7 nitrogen and oxygen atoms in total. The van der Waals surface area contributed by atoms with Gasteiger partial charge in [-0.25, -0.2) is 14.4 Å². The normalized spacial score (nSPS) is 15.2. The third kappa shape index (κ3) is 3.22. The van der Waals surface area contributed by atoms with Crippen molar-refractivity contribution in [1.82, 2.24) is 25.5 Å². The molecule has 1 aliphatic rings. The Hall–Kier alpha value is -3.26. The highest BCUT2D eigenvalue weighted by molar-refractivity contribution is 5.86. The summed E-state index contributed by atoms with van der Waals surface area (Å²) < 4.78 is 20.4. The summed E-state index contributed by atoms with van der Waals surface area (Å²) in [4.78, 5) is 8.97. The number of nitrogens with zero attached hydrogens (tertiary/aromatic N) is 3. The Morgan fingerprint density at radius 3 is 2.93 bits per heavy atom. The Morgan fingerprint density at radius 1 is 1.14 bits per heavy atom. The minimum Gasteiger partial charge on any atom is -0.488 e. The Bertz CT molecular complexity index is 1140. The summed E-state index contributed by atoms with van der Waals surface area (Å²) in [5.41, 5.74) is 1.89. The Morgan fingerprint density at radius 2 is 2.04 bits per heavy atom. The number of rotatable bonds is 4. The smallest absolute Gasteiger partial charge is 0.227 e. The van der Waals surface area contributed by atoms with E-state index in [4.69, 9.17) is 4.74 Å². The minimum absolute atomic E-state index is 0.176. The fourth-order valence-corrected chi connectivity index (χ4v) is 3.49. The van der Waals surface area contributed by atoms with Gasteiger partial charge in [-0.3, -0.25) is 5.10 Å². The highest BCUT2D eigenvalue weighted by Crippen LogP contribution is 2.28. The first kappa shape index (κ1) is 16.9. The first-order valence-electron chi connectivity index (χ1n) is 9.29. The molecule has 1 saturated heterocycles. The lowest BCUT2D eigenvalue weighted by atomic mass is 10.1. The quantitative estimate of drug-likeness (QED) is 0.504. The molecule has 1 aliphatic heterocycles. The van der Waals surface area contributed by atoms with E-state index in [1.54, 1.807) is 12.3 Å². The molecule has 0 radical (unpaired) electrons. The van der Waals surface area contributed by atoms with E-state index in [-0.39, 0.29) is 11.9 Å². The van der Waals surface area contributed by atoms with Crippen LogP contribution >= 0.6 is 0 Å². The molecule has 2 aromatic carbocycles. The van der Waals surface area contributed by atoms with Gasteiger partial charge in [-0.05, 0) is 44.1 Å². The maximum Gasteiger partial charge on any atom is 0.227 e. The molecule has 3 N–H and O–H groups in total. The van der Waals surface area contributed by atoms with Gasteiger partial charge in [-0.15, -0.1) is 0 Å². The predicted molar refractivity (Wildman–Crippen MR) is 105 cm³/mol. The molecule has 5 rings (SSSR count). The summed E-state index contributed by atoms with van der Waals surface area (Å²) >= 11 is 0. The number of H-pyrrole nitrogens is 1. The molecule has 0 bridgehead atoms. The molecule has 0 atom stereocenters. The molecule has 0 saturated carbocycles.